The van der Waals surface area contributed by atoms with Crippen molar-refractivity contribution in [2.24, 2.45) is 11.3 Å². The molecular weight excluding hydrogens is 198 g/mol. The Hall–Kier alpha value is -0.0800. The third-order valence-corrected chi connectivity index (χ3v) is 5.10. The second-order valence-electron chi connectivity index (χ2n) is 6.54. The Morgan fingerprint density at radius 2 is 1.81 bits per heavy atom. The first-order valence-electron chi connectivity index (χ1n) is 7.07. The molecule has 0 spiro atoms. The lowest BCUT2D eigenvalue weighted by atomic mass is 9.55. The van der Waals surface area contributed by atoms with Gasteiger partial charge in [0.2, 0.25) is 0 Å². The molecule has 3 rings (SSSR count). The van der Waals surface area contributed by atoms with Crippen molar-refractivity contribution in [1.82, 2.24) is 5.32 Å². The third-order valence-electron chi connectivity index (χ3n) is 5.10. The number of hydrogen-bond donors (Lipinski definition) is 1. The molecule has 2 aliphatic carbocycles. The van der Waals surface area contributed by atoms with Gasteiger partial charge in [-0.1, -0.05) is 26.7 Å². The van der Waals surface area contributed by atoms with Gasteiger partial charge in [-0.05, 0) is 25.7 Å². The maximum Gasteiger partial charge on any atom is 0.0684 e. The van der Waals surface area contributed by atoms with Crippen LogP contribution in [0.15, 0.2) is 0 Å². The quantitative estimate of drug-likeness (QED) is 0.777. The van der Waals surface area contributed by atoms with Crippen molar-refractivity contribution >= 4 is 0 Å². The second-order valence-corrected chi connectivity index (χ2v) is 6.54. The summed E-state index contributed by atoms with van der Waals surface area (Å²) >= 11 is 0. The summed E-state index contributed by atoms with van der Waals surface area (Å²) in [5.41, 5.74) is 0.355. The lowest BCUT2D eigenvalue weighted by Gasteiger charge is -2.60. The van der Waals surface area contributed by atoms with Crippen LogP contribution in [0.2, 0.25) is 0 Å². The van der Waals surface area contributed by atoms with E-state index in [9.17, 15) is 0 Å². The Labute approximate surface area is 99.1 Å². The Morgan fingerprint density at radius 3 is 2.56 bits per heavy atom. The van der Waals surface area contributed by atoms with Crippen LogP contribution in [-0.2, 0) is 4.74 Å². The van der Waals surface area contributed by atoms with Crippen molar-refractivity contribution in [3.8, 4) is 0 Å². The summed E-state index contributed by atoms with van der Waals surface area (Å²) in [6, 6.07) is 1.51. The predicted octanol–water partition coefficient (Wildman–Crippen LogP) is 2.72. The van der Waals surface area contributed by atoms with Gasteiger partial charge in [0.1, 0.15) is 0 Å². The van der Waals surface area contributed by atoms with E-state index in [0.29, 0.717) is 17.6 Å². The summed E-state index contributed by atoms with van der Waals surface area (Å²) in [5.74, 6) is 0.796. The van der Waals surface area contributed by atoms with Crippen LogP contribution in [0.3, 0.4) is 0 Å². The Morgan fingerprint density at radius 1 is 1.06 bits per heavy atom. The Kier molecular flexibility index (Phi) is 2.75. The van der Waals surface area contributed by atoms with Crippen LogP contribution in [0.1, 0.15) is 52.4 Å². The van der Waals surface area contributed by atoms with Gasteiger partial charge in [0.05, 0.1) is 6.10 Å². The monoisotopic (exact) mass is 223 g/mol. The van der Waals surface area contributed by atoms with Gasteiger partial charge in [-0.3, -0.25) is 0 Å². The molecule has 0 aromatic rings. The second kappa shape index (κ2) is 3.99. The Balaban J connectivity index is 1.64. The summed E-state index contributed by atoms with van der Waals surface area (Å²) in [7, 11) is 0. The molecule has 3 aliphatic rings. The molecule has 2 nitrogen and oxygen atoms in total. The van der Waals surface area contributed by atoms with Crippen molar-refractivity contribution in [2.45, 2.75) is 70.6 Å². The molecule has 3 atom stereocenters. The fourth-order valence-electron chi connectivity index (χ4n) is 4.21. The number of hydrogen-bond acceptors (Lipinski definition) is 2. The first-order chi connectivity index (χ1) is 7.69. The van der Waals surface area contributed by atoms with Gasteiger partial charge >= 0.3 is 0 Å². The van der Waals surface area contributed by atoms with Crippen LogP contribution in [0.25, 0.3) is 0 Å². The summed E-state index contributed by atoms with van der Waals surface area (Å²) in [6.45, 7) is 5.75. The molecule has 0 aromatic carbocycles. The maximum atomic E-state index is 5.95. The van der Waals surface area contributed by atoms with Gasteiger partial charge in [-0.2, -0.15) is 0 Å². The van der Waals surface area contributed by atoms with Crippen molar-refractivity contribution in [1.29, 1.82) is 0 Å². The summed E-state index contributed by atoms with van der Waals surface area (Å²) in [5, 5.41) is 3.92. The number of rotatable bonds is 2. The predicted molar refractivity (Wildman–Crippen MR) is 65.4 cm³/mol. The molecular formula is C14H25NO. The topological polar surface area (TPSA) is 21.3 Å². The van der Waals surface area contributed by atoms with Gasteiger partial charge in [0.15, 0.2) is 0 Å². The average molecular weight is 223 g/mol. The minimum atomic E-state index is 0.355. The van der Waals surface area contributed by atoms with Crippen LogP contribution >= 0.6 is 0 Å². The van der Waals surface area contributed by atoms with Crippen LogP contribution in [-0.4, -0.2) is 24.8 Å². The van der Waals surface area contributed by atoms with Gasteiger partial charge in [0, 0.05) is 30.0 Å². The highest BCUT2D eigenvalue weighted by molar-refractivity contribution is 5.11. The molecule has 0 amide bonds. The van der Waals surface area contributed by atoms with E-state index in [1.165, 1.54) is 38.5 Å². The molecule has 0 radical (unpaired) electrons. The number of ether oxygens (including phenoxy) is 1. The molecule has 2 heteroatoms. The normalized spacial score (nSPS) is 42.8. The van der Waals surface area contributed by atoms with E-state index in [1.54, 1.807) is 0 Å². The van der Waals surface area contributed by atoms with E-state index < -0.39 is 0 Å². The van der Waals surface area contributed by atoms with Crippen molar-refractivity contribution in [2.75, 3.05) is 6.61 Å². The molecule has 3 fully saturated rings. The molecule has 1 aliphatic heterocycles. The zero-order valence-electron chi connectivity index (χ0n) is 10.7. The number of nitrogens with one attached hydrogen (secondary N) is 1. The molecule has 1 heterocycles. The molecule has 2 saturated carbocycles. The van der Waals surface area contributed by atoms with Crippen molar-refractivity contribution in [3.63, 3.8) is 0 Å². The first-order valence-corrected chi connectivity index (χ1v) is 7.07. The highest BCUT2D eigenvalue weighted by atomic mass is 16.5. The van der Waals surface area contributed by atoms with Gasteiger partial charge < -0.3 is 10.1 Å². The van der Waals surface area contributed by atoms with E-state index >= 15 is 0 Å². The molecule has 92 valence electrons. The maximum absolute atomic E-state index is 5.95. The lowest BCUT2D eigenvalue weighted by molar-refractivity contribution is -0.194. The zero-order valence-corrected chi connectivity index (χ0v) is 10.7. The SMILES string of the molecule is CC1(C)C(NC2CCCC2)C2CCCOC21. The molecule has 0 bridgehead atoms. The van der Waals surface area contributed by atoms with E-state index in [-0.39, 0.29) is 0 Å². The van der Waals surface area contributed by atoms with Crippen molar-refractivity contribution < 1.29 is 4.74 Å². The molecule has 0 aromatic heterocycles. The fourth-order valence-corrected chi connectivity index (χ4v) is 4.21. The molecule has 1 saturated heterocycles. The summed E-state index contributed by atoms with van der Waals surface area (Å²) < 4.78 is 5.95. The minimum absolute atomic E-state index is 0.355. The van der Waals surface area contributed by atoms with E-state index in [0.717, 1.165) is 18.6 Å². The van der Waals surface area contributed by atoms with Crippen molar-refractivity contribution in [3.05, 3.63) is 0 Å². The highest BCUT2D eigenvalue weighted by Gasteiger charge is 2.58. The van der Waals surface area contributed by atoms with Gasteiger partial charge in [-0.15, -0.1) is 0 Å². The average Bonchev–Trinajstić information content (AvgIpc) is 2.79. The summed E-state index contributed by atoms with van der Waals surface area (Å²) in [6.07, 6.45) is 8.80. The summed E-state index contributed by atoms with van der Waals surface area (Å²) in [4.78, 5) is 0. The van der Waals surface area contributed by atoms with Gasteiger partial charge in [0.25, 0.3) is 0 Å². The van der Waals surface area contributed by atoms with E-state index in [2.05, 4.69) is 19.2 Å². The molecule has 16 heavy (non-hydrogen) atoms. The molecule has 3 unspecified atom stereocenters. The molecule has 1 N–H and O–H groups in total. The smallest absolute Gasteiger partial charge is 0.0684 e. The van der Waals surface area contributed by atoms with E-state index in [4.69, 9.17) is 4.74 Å². The fraction of sp³-hybridized carbons (Fsp3) is 1.00. The lowest BCUT2D eigenvalue weighted by Crippen LogP contribution is -2.70. The van der Waals surface area contributed by atoms with Gasteiger partial charge in [-0.25, -0.2) is 0 Å². The third kappa shape index (κ3) is 1.62. The largest absolute Gasteiger partial charge is 0.377 e. The zero-order chi connectivity index (χ0) is 11.2. The van der Waals surface area contributed by atoms with Crippen LogP contribution in [0.4, 0.5) is 0 Å². The highest BCUT2D eigenvalue weighted by Crippen LogP contribution is 2.51. The van der Waals surface area contributed by atoms with Crippen LogP contribution in [0.5, 0.6) is 0 Å². The van der Waals surface area contributed by atoms with Crippen LogP contribution in [0, 0.1) is 11.3 Å². The number of fused-ring (bicyclic) bond motifs is 1. The van der Waals surface area contributed by atoms with Crippen LogP contribution < -0.4 is 5.32 Å². The first kappa shape index (κ1) is 11.0. The standard InChI is InChI=1S/C14H25NO/c1-14(2)12(15-10-6-3-4-7-10)11-8-5-9-16-13(11)14/h10-13,15H,3-9H2,1-2H3. The van der Waals surface area contributed by atoms with E-state index in [1.807, 2.05) is 0 Å². The minimum Gasteiger partial charge on any atom is -0.377 e. The Bertz CT molecular complexity index is 257.